The fraction of sp³-hybridized carbons (Fsp3) is 0.167. The molecule has 2 aliphatic rings. The molecule has 146 valence electrons. The molecule has 0 aliphatic carbocycles. The van der Waals surface area contributed by atoms with Crippen LogP contribution in [0, 0.1) is 0 Å². The third-order valence-corrected chi connectivity index (χ3v) is 8.28. The van der Waals surface area contributed by atoms with Crippen molar-refractivity contribution < 1.29 is 8.42 Å². The van der Waals surface area contributed by atoms with E-state index in [9.17, 15) is 8.42 Å². The molecule has 2 aromatic rings. The van der Waals surface area contributed by atoms with E-state index in [2.05, 4.69) is 10.5 Å². The molecule has 28 heavy (non-hydrogen) atoms. The molecule has 2 aromatic carbocycles. The second-order valence-corrected chi connectivity index (χ2v) is 11.0. The van der Waals surface area contributed by atoms with Gasteiger partial charge in [-0.3, -0.25) is 5.43 Å². The lowest BCUT2D eigenvalue weighted by atomic mass is 10.0. The van der Waals surface area contributed by atoms with Crippen LogP contribution in [0.5, 0.6) is 0 Å². The van der Waals surface area contributed by atoms with Crippen LogP contribution in [0.3, 0.4) is 0 Å². The Bertz CT molecular complexity index is 1140. The Hall–Kier alpha value is -0.890. The van der Waals surface area contributed by atoms with E-state index in [0.29, 0.717) is 53.9 Å². The van der Waals surface area contributed by atoms with Crippen LogP contribution in [0.4, 0.5) is 5.69 Å². The van der Waals surface area contributed by atoms with Crippen molar-refractivity contribution in [1.29, 1.82) is 0 Å². The third-order valence-electron chi connectivity index (χ3n) is 4.37. The maximum Gasteiger partial charge on any atom is 0.183 e. The van der Waals surface area contributed by atoms with E-state index >= 15 is 0 Å². The molecule has 0 radical (unpaired) electrons. The molecule has 0 fully saturated rings. The quantitative estimate of drug-likeness (QED) is 0.491. The minimum Gasteiger partial charge on any atom is -0.275 e. The summed E-state index contributed by atoms with van der Waals surface area (Å²) in [6.07, 6.45) is 0.616. The first-order valence-electron chi connectivity index (χ1n) is 8.12. The number of hydrogen-bond donors (Lipinski definition) is 1. The maximum atomic E-state index is 12.8. The Morgan fingerprint density at radius 3 is 2.43 bits per heavy atom. The van der Waals surface area contributed by atoms with E-state index in [-0.39, 0.29) is 5.75 Å². The van der Waals surface area contributed by atoms with Crippen LogP contribution < -0.4 is 5.43 Å². The van der Waals surface area contributed by atoms with Gasteiger partial charge in [0.05, 0.1) is 32.1 Å². The van der Waals surface area contributed by atoms with Crippen molar-refractivity contribution in [2.24, 2.45) is 5.10 Å². The van der Waals surface area contributed by atoms with Crippen molar-refractivity contribution in [3.8, 4) is 0 Å². The van der Waals surface area contributed by atoms with Crippen LogP contribution in [0.1, 0.15) is 12.0 Å². The zero-order chi connectivity index (χ0) is 20.1. The van der Waals surface area contributed by atoms with Crippen LogP contribution in [0.15, 0.2) is 45.9 Å². The molecule has 10 heteroatoms. The summed E-state index contributed by atoms with van der Waals surface area (Å²) < 4.78 is 25.6. The molecule has 4 rings (SSSR count). The fourth-order valence-electron chi connectivity index (χ4n) is 3.12. The van der Waals surface area contributed by atoms with Gasteiger partial charge in [-0.1, -0.05) is 46.4 Å². The van der Waals surface area contributed by atoms with E-state index in [1.165, 1.54) is 0 Å². The van der Waals surface area contributed by atoms with E-state index in [1.807, 2.05) is 0 Å². The van der Waals surface area contributed by atoms with Gasteiger partial charge in [0.1, 0.15) is 0 Å². The second kappa shape index (κ2) is 7.74. The zero-order valence-electron chi connectivity index (χ0n) is 14.1. The largest absolute Gasteiger partial charge is 0.275 e. The maximum absolute atomic E-state index is 12.8. The highest BCUT2D eigenvalue weighted by atomic mass is 35.5. The molecule has 0 bridgehead atoms. The third kappa shape index (κ3) is 3.78. The highest BCUT2D eigenvalue weighted by Gasteiger charge is 2.34. The average Bonchev–Trinajstić information content (AvgIpc) is 2.60. The molecule has 4 nitrogen and oxygen atoms in total. The zero-order valence-corrected chi connectivity index (χ0v) is 18.8. The summed E-state index contributed by atoms with van der Waals surface area (Å²) in [5.41, 5.74) is 5.27. The lowest BCUT2D eigenvalue weighted by Gasteiger charge is -2.27. The molecule has 0 amide bonds. The molecule has 0 saturated heterocycles. The smallest absolute Gasteiger partial charge is 0.183 e. The van der Waals surface area contributed by atoms with E-state index in [1.54, 1.807) is 42.1 Å². The van der Waals surface area contributed by atoms with Crippen molar-refractivity contribution in [3.63, 3.8) is 0 Å². The average molecular weight is 494 g/mol. The molecule has 0 atom stereocenters. The number of nitrogens with zero attached hydrogens (tertiary/aromatic N) is 1. The summed E-state index contributed by atoms with van der Waals surface area (Å²) in [7, 11) is -3.48. The van der Waals surface area contributed by atoms with Crippen LogP contribution in [0.2, 0.25) is 20.1 Å². The molecular formula is C18H12Cl4N2O2S2. The number of fused-ring (bicyclic) bond motifs is 2. The normalized spacial score (nSPS) is 19.4. The van der Waals surface area contributed by atoms with Gasteiger partial charge in [0, 0.05) is 38.3 Å². The lowest BCUT2D eigenvalue weighted by molar-refractivity contribution is 0.597. The van der Waals surface area contributed by atoms with Gasteiger partial charge in [0.2, 0.25) is 0 Å². The molecular weight excluding hydrogens is 482 g/mol. The number of hydrazone groups is 1. The van der Waals surface area contributed by atoms with Crippen LogP contribution in [0.25, 0.3) is 4.91 Å². The Morgan fingerprint density at radius 2 is 1.71 bits per heavy atom. The molecule has 0 saturated carbocycles. The molecule has 0 spiro atoms. The molecule has 0 unspecified atom stereocenters. The monoisotopic (exact) mass is 492 g/mol. The van der Waals surface area contributed by atoms with E-state index in [4.69, 9.17) is 46.4 Å². The summed E-state index contributed by atoms with van der Waals surface area (Å²) in [5, 5.41) is 6.00. The molecule has 2 heterocycles. The Kier molecular flexibility index (Phi) is 5.64. The first-order chi connectivity index (χ1) is 13.3. The number of hydrogen-bond acceptors (Lipinski definition) is 5. The van der Waals surface area contributed by atoms with Gasteiger partial charge < -0.3 is 0 Å². The summed E-state index contributed by atoms with van der Waals surface area (Å²) >= 11 is 26.0. The van der Waals surface area contributed by atoms with Gasteiger partial charge in [-0.25, -0.2) is 8.42 Å². The summed E-state index contributed by atoms with van der Waals surface area (Å²) in [4.78, 5) is 1.20. The van der Waals surface area contributed by atoms with Crippen molar-refractivity contribution in [2.75, 3.05) is 16.9 Å². The number of thioether (sulfide) groups is 1. The lowest BCUT2D eigenvalue weighted by Crippen LogP contribution is -2.25. The standard InChI is InChI=1S/C18H12Cl4N2O2S2/c19-9-1-2-16-11(5-9)18-12(8-28(16,25)26)15(3-4-27-18)23-24-17-13(21)6-10(20)7-14(17)22/h1-2,5-7,24H,3-4,8H2. The summed E-state index contributed by atoms with van der Waals surface area (Å²) in [5.74, 6) is 0.667. The fourth-order valence-corrected chi connectivity index (χ4v) is 7.16. The van der Waals surface area contributed by atoms with E-state index in [0.717, 1.165) is 10.7 Å². The van der Waals surface area contributed by atoms with Gasteiger partial charge in [0.25, 0.3) is 0 Å². The summed E-state index contributed by atoms with van der Waals surface area (Å²) in [6.45, 7) is 0. The highest BCUT2D eigenvalue weighted by molar-refractivity contribution is 8.08. The predicted molar refractivity (Wildman–Crippen MR) is 120 cm³/mol. The number of sulfone groups is 1. The first-order valence-corrected chi connectivity index (χ1v) is 12.3. The minimum atomic E-state index is -3.48. The number of nitrogens with one attached hydrogen (secondary N) is 1. The SMILES string of the molecule is O=S1(=O)CC2=C(SCCC2=NNc2c(Cl)cc(Cl)cc2Cl)c2cc(Cl)ccc21. The van der Waals surface area contributed by atoms with Crippen molar-refractivity contribution in [1.82, 2.24) is 0 Å². The second-order valence-electron chi connectivity index (χ2n) is 6.22. The van der Waals surface area contributed by atoms with Crippen LogP contribution in [-0.2, 0) is 9.84 Å². The number of benzene rings is 2. The van der Waals surface area contributed by atoms with Crippen LogP contribution >= 0.6 is 58.2 Å². The van der Waals surface area contributed by atoms with Crippen molar-refractivity contribution >= 4 is 84.3 Å². The van der Waals surface area contributed by atoms with Gasteiger partial charge in [-0.05, 0) is 30.3 Å². The number of rotatable bonds is 2. The number of anilines is 1. The Labute approximate surface area is 186 Å². The molecule has 0 aromatic heterocycles. The first kappa shape index (κ1) is 20.4. The van der Waals surface area contributed by atoms with Gasteiger partial charge in [-0.2, -0.15) is 5.10 Å². The molecule has 2 aliphatic heterocycles. The van der Waals surface area contributed by atoms with Gasteiger partial charge in [0.15, 0.2) is 9.84 Å². The van der Waals surface area contributed by atoms with Gasteiger partial charge in [-0.15, -0.1) is 11.8 Å². The van der Waals surface area contributed by atoms with Crippen molar-refractivity contribution in [2.45, 2.75) is 11.3 Å². The van der Waals surface area contributed by atoms with Crippen molar-refractivity contribution in [3.05, 3.63) is 61.6 Å². The predicted octanol–water partition coefficient (Wildman–Crippen LogP) is 6.40. The van der Waals surface area contributed by atoms with Crippen LogP contribution in [-0.4, -0.2) is 25.6 Å². The highest BCUT2D eigenvalue weighted by Crippen LogP contribution is 2.44. The molecule has 1 N–H and O–H groups in total. The number of halogens is 4. The topological polar surface area (TPSA) is 58.5 Å². The van der Waals surface area contributed by atoms with Gasteiger partial charge >= 0.3 is 0 Å². The summed E-state index contributed by atoms with van der Waals surface area (Å²) in [6, 6.07) is 7.97. The van der Waals surface area contributed by atoms with E-state index < -0.39 is 9.84 Å². The Balaban J connectivity index is 1.79. The Morgan fingerprint density at radius 1 is 1.00 bits per heavy atom. The minimum absolute atomic E-state index is 0.105.